The predicted octanol–water partition coefficient (Wildman–Crippen LogP) is 1.18. The quantitative estimate of drug-likeness (QED) is 0.839. The molecule has 0 saturated carbocycles. The molecule has 3 N–H and O–H groups in total. The highest BCUT2D eigenvalue weighted by Crippen LogP contribution is 2.22. The Morgan fingerprint density at radius 3 is 2.83 bits per heavy atom. The van der Waals surface area contributed by atoms with Crippen LogP contribution in [0.1, 0.15) is 9.75 Å². The largest absolute Gasteiger partial charge is 0.330 e. The second-order valence-electron chi connectivity index (χ2n) is 3.55. The lowest BCUT2D eigenvalue weighted by Gasteiger charge is -2.02. The van der Waals surface area contributed by atoms with E-state index in [9.17, 15) is 8.42 Å². The van der Waals surface area contributed by atoms with Crippen molar-refractivity contribution in [3.05, 3.63) is 33.6 Å². The van der Waals surface area contributed by atoms with Gasteiger partial charge in [0.25, 0.3) is 0 Å². The third kappa shape index (κ3) is 3.36. The van der Waals surface area contributed by atoms with Crippen molar-refractivity contribution >= 4 is 32.7 Å². The maximum Gasteiger partial charge on any atom is 0.250 e. The molecule has 2 aromatic rings. The fourth-order valence-corrected chi connectivity index (χ4v) is 4.39. The molecule has 0 spiro atoms. The summed E-state index contributed by atoms with van der Waals surface area (Å²) in [6, 6.07) is 3.42. The number of hydrogen-bond acceptors (Lipinski definition) is 6. The van der Waals surface area contributed by atoms with Gasteiger partial charge in [-0.1, -0.05) is 0 Å². The maximum absolute atomic E-state index is 12.0. The summed E-state index contributed by atoms with van der Waals surface area (Å²) in [5.74, 6) is 0. The Morgan fingerprint density at radius 2 is 2.17 bits per heavy atom. The van der Waals surface area contributed by atoms with Gasteiger partial charge in [-0.3, -0.25) is 4.98 Å². The molecular weight excluding hydrogens is 290 g/mol. The Balaban J connectivity index is 2.05. The number of thiazole rings is 1. The zero-order valence-electron chi connectivity index (χ0n) is 9.50. The van der Waals surface area contributed by atoms with Gasteiger partial charge in [-0.15, -0.1) is 22.7 Å². The SMILES string of the molecule is NCCc1ccc(S(=O)(=O)NCc2cncs2)s1. The van der Waals surface area contributed by atoms with Crippen molar-refractivity contribution in [1.82, 2.24) is 9.71 Å². The van der Waals surface area contributed by atoms with E-state index in [2.05, 4.69) is 9.71 Å². The van der Waals surface area contributed by atoms with Crippen molar-refractivity contribution < 1.29 is 8.42 Å². The zero-order chi connectivity index (χ0) is 13.0. The fourth-order valence-electron chi connectivity index (χ4n) is 1.35. The first-order valence-electron chi connectivity index (χ1n) is 5.27. The molecule has 2 heterocycles. The maximum atomic E-state index is 12.0. The van der Waals surface area contributed by atoms with Gasteiger partial charge in [-0.25, -0.2) is 13.1 Å². The van der Waals surface area contributed by atoms with Gasteiger partial charge in [-0.2, -0.15) is 0 Å². The van der Waals surface area contributed by atoms with Crippen molar-refractivity contribution in [1.29, 1.82) is 0 Å². The monoisotopic (exact) mass is 303 g/mol. The minimum absolute atomic E-state index is 0.275. The highest BCUT2D eigenvalue weighted by molar-refractivity contribution is 7.91. The molecular formula is C10H13N3O2S3. The summed E-state index contributed by atoms with van der Waals surface area (Å²) < 4.78 is 26.9. The molecule has 0 bridgehead atoms. The van der Waals surface area contributed by atoms with E-state index >= 15 is 0 Å². The first-order valence-corrected chi connectivity index (χ1v) is 8.45. The van der Waals surface area contributed by atoms with Gasteiger partial charge < -0.3 is 5.73 Å². The van der Waals surface area contributed by atoms with E-state index in [0.29, 0.717) is 17.2 Å². The highest BCUT2D eigenvalue weighted by atomic mass is 32.2. The average molecular weight is 303 g/mol. The summed E-state index contributed by atoms with van der Waals surface area (Å²) in [4.78, 5) is 5.76. The van der Waals surface area contributed by atoms with Crippen LogP contribution >= 0.6 is 22.7 Å². The molecule has 0 atom stereocenters. The van der Waals surface area contributed by atoms with E-state index in [1.165, 1.54) is 22.7 Å². The fraction of sp³-hybridized carbons (Fsp3) is 0.300. The smallest absolute Gasteiger partial charge is 0.250 e. The Labute approximate surface area is 114 Å². The van der Waals surface area contributed by atoms with E-state index in [0.717, 1.165) is 9.75 Å². The van der Waals surface area contributed by atoms with Gasteiger partial charge in [0, 0.05) is 22.5 Å². The molecule has 0 radical (unpaired) electrons. The Hall–Kier alpha value is -0.800. The first kappa shape index (κ1) is 13.6. The second-order valence-corrected chi connectivity index (χ2v) is 7.68. The van der Waals surface area contributed by atoms with E-state index in [4.69, 9.17) is 5.73 Å². The van der Waals surface area contributed by atoms with Crippen LogP contribution in [0.25, 0.3) is 0 Å². The summed E-state index contributed by atoms with van der Waals surface area (Å²) in [7, 11) is -3.43. The van der Waals surface area contributed by atoms with Crippen molar-refractivity contribution in [2.75, 3.05) is 6.54 Å². The normalized spacial score (nSPS) is 11.8. The molecule has 2 aromatic heterocycles. The molecule has 0 aliphatic carbocycles. The van der Waals surface area contributed by atoms with Gasteiger partial charge in [-0.05, 0) is 25.1 Å². The van der Waals surface area contributed by atoms with Crippen LogP contribution in [-0.2, 0) is 23.0 Å². The molecule has 0 aliphatic heterocycles. The topological polar surface area (TPSA) is 85.1 Å². The van der Waals surface area contributed by atoms with Crippen molar-refractivity contribution in [3.63, 3.8) is 0 Å². The lowest BCUT2D eigenvalue weighted by Crippen LogP contribution is -2.21. The van der Waals surface area contributed by atoms with Gasteiger partial charge >= 0.3 is 0 Å². The lowest BCUT2D eigenvalue weighted by molar-refractivity contribution is 0.584. The van der Waals surface area contributed by atoms with E-state index < -0.39 is 10.0 Å². The van der Waals surface area contributed by atoms with Crippen LogP contribution in [0, 0.1) is 0 Å². The highest BCUT2D eigenvalue weighted by Gasteiger charge is 2.16. The molecule has 0 unspecified atom stereocenters. The summed E-state index contributed by atoms with van der Waals surface area (Å²) in [5, 5.41) is 0. The van der Waals surface area contributed by atoms with Crippen LogP contribution in [0.3, 0.4) is 0 Å². The number of aromatic nitrogens is 1. The third-order valence-corrected chi connectivity index (χ3v) is 6.03. The lowest BCUT2D eigenvalue weighted by atomic mass is 10.3. The molecule has 0 fully saturated rings. The summed E-state index contributed by atoms with van der Waals surface area (Å²) in [6.45, 7) is 0.797. The molecule has 2 rings (SSSR count). The van der Waals surface area contributed by atoms with Gasteiger partial charge in [0.05, 0.1) is 5.51 Å². The first-order chi connectivity index (χ1) is 8.62. The average Bonchev–Trinajstić information content (AvgIpc) is 2.98. The van der Waals surface area contributed by atoms with Crippen LogP contribution < -0.4 is 10.5 Å². The second kappa shape index (κ2) is 5.89. The molecule has 98 valence electrons. The molecule has 0 saturated heterocycles. The standard InChI is InChI=1S/C10H13N3O2S3/c11-4-3-8-1-2-10(17-8)18(14,15)13-6-9-5-12-7-16-9/h1-2,5,7,13H,3-4,6,11H2. The number of hydrogen-bond donors (Lipinski definition) is 2. The van der Waals surface area contributed by atoms with Crippen molar-refractivity contribution in [2.24, 2.45) is 5.73 Å². The van der Waals surface area contributed by atoms with Crippen LogP contribution in [0.4, 0.5) is 0 Å². The number of nitrogens with zero attached hydrogens (tertiary/aromatic N) is 1. The van der Waals surface area contributed by atoms with Crippen LogP contribution in [-0.4, -0.2) is 19.9 Å². The summed E-state index contributed by atoms with van der Waals surface area (Å²) >= 11 is 2.68. The molecule has 18 heavy (non-hydrogen) atoms. The van der Waals surface area contributed by atoms with E-state index in [1.807, 2.05) is 0 Å². The molecule has 5 nitrogen and oxygen atoms in total. The van der Waals surface area contributed by atoms with E-state index in [-0.39, 0.29) is 6.54 Å². The zero-order valence-corrected chi connectivity index (χ0v) is 11.9. The van der Waals surface area contributed by atoms with Crippen LogP contribution in [0.5, 0.6) is 0 Å². The third-order valence-electron chi connectivity index (χ3n) is 2.21. The number of thiophene rings is 1. The Kier molecular flexibility index (Phi) is 4.46. The van der Waals surface area contributed by atoms with E-state index in [1.54, 1.807) is 23.8 Å². The van der Waals surface area contributed by atoms with Crippen LogP contribution in [0.2, 0.25) is 0 Å². The van der Waals surface area contributed by atoms with Crippen molar-refractivity contribution in [2.45, 2.75) is 17.2 Å². The van der Waals surface area contributed by atoms with Crippen molar-refractivity contribution in [3.8, 4) is 0 Å². The minimum atomic E-state index is -3.43. The van der Waals surface area contributed by atoms with Gasteiger partial charge in [0.1, 0.15) is 4.21 Å². The van der Waals surface area contributed by atoms with Crippen LogP contribution in [0.15, 0.2) is 28.0 Å². The summed E-state index contributed by atoms with van der Waals surface area (Å²) in [5.41, 5.74) is 7.11. The van der Waals surface area contributed by atoms with Gasteiger partial charge in [0.15, 0.2) is 0 Å². The molecule has 0 aliphatic rings. The number of sulfonamides is 1. The number of nitrogens with two attached hydrogens (primary N) is 1. The number of rotatable bonds is 6. The number of nitrogens with one attached hydrogen (secondary N) is 1. The summed E-state index contributed by atoms with van der Waals surface area (Å²) in [6.07, 6.45) is 2.36. The molecule has 0 amide bonds. The van der Waals surface area contributed by atoms with Gasteiger partial charge in [0.2, 0.25) is 10.0 Å². The Morgan fingerprint density at radius 1 is 1.33 bits per heavy atom. The Bertz CT molecular complexity index is 590. The minimum Gasteiger partial charge on any atom is -0.330 e. The molecule has 8 heteroatoms. The molecule has 0 aromatic carbocycles. The predicted molar refractivity (Wildman–Crippen MR) is 73.2 cm³/mol.